The Bertz CT molecular complexity index is 1100. The number of methoxy groups -OCH3 is 1. The maximum absolute atomic E-state index is 13.5. The van der Waals surface area contributed by atoms with Crippen molar-refractivity contribution < 1.29 is 14.3 Å². The fraction of sp³-hybridized carbons (Fsp3) is 0.379. The molecule has 0 spiro atoms. The van der Waals surface area contributed by atoms with Gasteiger partial charge in [-0.05, 0) is 61.2 Å². The summed E-state index contributed by atoms with van der Waals surface area (Å²) in [4.78, 5) is 30.5. The van der Waals surface area contributed by atoms with E-state index in [1.165, 1.54) is 5.56 Å². The highest BCUT2D eigenvalue weighted by atomic mass is 16.5. The van der Waals surface area contributed by atoms with Gasteiger partial charge in [0.25, 0.3) is 5.91 Å². The summed E-state index contributed by atoms with van der Waals surface area (Å²) in [7, 11) is 1.60. The summed E-state index contributed by atoms with van der Waals surface area (Å²) in [6.45, 7) is 4.09. The lowest BCUT2D eigenvalue weighted by molar-refractivity contribution is -0.133. The summed E-state index contributed by atoms with van der Waals surface area (Å²) in [6, 6.07) is 21.8. The summed E-state index contributed by atoms with van der Waals surface area (Å²) in [5.74, 6) is 0.603. The second kappa shape index (κ2) is 11.7. The highest BCUT2D eigenvalue weighted by molar-refractivity contribution is 5.96. The molecule has 0 N–H and O–H groups in total. The normalized spacial score (nSPS) is 12.9. The average Bonchev–Trinajstić information content (AvgIpc) is 3.64. The van der Waals surface area contributed by atoms with E-state index in [4.69, 9.17) is 4.74 Å². The molecule has 3 aromatic rings. The van der Waals surface area contributed by atoms with Crippen LogP contribution in [0.25, 0.3) is 0 Å². The van der Waals surface area contributed by atoms with Crippen molar-refractivity contribution in [2.75, 3.05) is 20.2 Å². The Morgan fingerprint density at radius 2 is 1.74 bits per heavy atom. The molecule has 1 saturated carbocycles. The van der Waals surface area contributed by atoms with Gasteiger partial charge >= 0.3 is 0 Å². The topological polar surface area (TPSA) is 54.8 Å². The first kappa shape index (κ1) is 24.6. The lowest BCUT2D eigenvalue weighted by Crippen LogP contribution is -2.44. The zero-order valence-electron chi connectivity index (χ0n) is 20.7. The molecule has 184 valence electrons. The standard InChI is InChI=1S/C29H35N3O3/c1-3-4-18-31(29(34)24-12-16-27(35-2)17-13-24)22-28(33)32(25-14-15-25)21-26-11-8-19-30(26)20-23-9-6-5-7-10-23/h5-13,16-17,19,25H,3-4,14-15,18,20-22H2,1-2H3. The number of amides is 2. The van der Waals surface area contributed by atoms with Crippen molar-refractivity contribution in [3.63, 3.8) is 0 Å². The van der Waals surface area contributed by atoms with E-state index in [0.717, 1.165) is 37.9 Å². The molecule has 2 aromatic carbocycles. The van der Waals surface area contributed by atoms with Crippen molar-refractivity contribution in [3.05, 3.63) is 89.7 Å². The third-order valence-corrected chi connectivity index (χ3v) is 6.49. The predicted octanol–water partition coefficient (Wildman–Crippen LogP) is 4.98. The van der Waals surface area contributed by atoms with Crippen LogP contribution in [0.2, 0.25) is 0 Å². The average molecular weight is 474 g/mol. The van der Waals surface area contributed by atoms with Gasteiger partial charge in [-0.15, -0.1) is 0 Å². The van der Waals surface area contributed by atoms with Gasteiger partial charge in [-0.2, -0.15) is 0 Å². The minimum absolute atomic E-state index is 0.0120. The molecule has 4 rings (SSSR count). The van der Waals surface area contributed by atoms with Crippen LogP contribution in [0.3, 0.4) is 0 Å². The van der Waals surface area contributed by atoms with Crippen molar-refractivity contribution in [3.8, 4) is 5.75 Å². The van der Waals surface area contributed by atoms with E-state index in [0.29, 0.717) is 24.4 Å². The fourth-order valence-corrected chi connectivity index (χ4v) is 4.28. The van der Waals surface area contributed by atoms with E-state index in [9.17, 15) is 9.59 Å². The summed E-state index contributed by atoms with van der Waals surface area (Å²) in [5, 5.41) is 0. The Morgan fingerprint density at radius 1 is 1.00 bits per heavy atom. The van der Waals surface area contributed by atoms with Gasteiger partial charge in [-0.1, -0.05) is 43.7 Å². The molecular weight excluding hydrogens is 438 g/mol. The van der Waals surface area contributed by atoms with Crippen molar-refractivity contribution in [2.45, 2.75) is 51.7 Å². The van der Waals surface area contributed by atoms with Crippen LogP contribution in [0.5, 0.6) is 5.75 Å². The van der Waals surface area contributed by atoms with Crippen LogP contribution in [0.1, 0.15) is 54.2 Å². The van der Waals surface area contributed by atoms with Gasteiger partial charge in [0.2, 0.25) is 5.91 Å². The van der Waals surface area contributed by atoms with Crippen LogP contribution in [0, 0.1) is 0 Å². The number of benzene rings is 2. The Kier molecular flexibility index (Phi) is 8.24. The molecule has 0 atom stereocenters. The molecule has 0 unspecified atom stereocenters. The van der Waals surface area contributed by atoms with Crippen LogP contribution in [0.4, 0.5) is 0 Å². The predicted molar refractivity (Wildman–Crippen MR) is 137 cm³/mol. The summed E-state index contributed by atoms with van der Waals surface area (Å²) in [5.41, 5.74) is 2.91. The molecule has 6 nitrogen and oxygen atoms in total. The molecule has 1 aliphatic carbocycles. The van der Waals surface area contributed by atoms with Crippen molar-refractivity contribution >= 4 is 11.8 Å². The molecule has 0 aliphatic heterocycles. The monoisotopic (exact) mass is 473 g/mol. The van der Waals surface area contributed by atoms with Gasteiger partial charge in [-0.25, -0.2) is 0 Å². The third kappa shape index (κ3) is 6.53. The minimum atomic E-state index is -0.113. The lowest BCUT2D eigenvalue weighted by Gasteiger charge is -2.28. The molecule has 6 heteroatoms. The second-order valence-electron chi connectivity index (χ2n) is 9.17. The number of ether oxygens (including phenoxy) is 1. The molecule has 1 aliphatic rings. The van der Waals surface area contributed by atoms with Gasteiger partial charge in [0.15, 0.2) is 0 Å². The number of hydrogen-bond acceptors (Lipinski definition) is 3. The van der Waals surface area contributed by atoms with Gasteiger partial charge in [-0.3, -0.25) is 9.59 Å². The Labute approximate surface area is 208 Å². The van der Waals surface area contributed by atoms with E-state index >= 15 is 0 Å². The molecule has 0 saturated heterocycles. The highest BCUT2D eigenvalue weighted by Gasteiger charge is 2.34. The number of nitrogens with zero attached hydrogens (tertiary/aromatic N) is 3. The van der Waals surface area contributed by atoms with Crippen LogP contribution < -0.4 is 4.74 Å². The fourth-order valence-electron chi connectivity index (χ4n) is 4.28. The number of rotatable bonds is 12. The number of unbranched alkanes of at least 4 members (excludes halogenated alkanes) is 1. The van der Waals surface area contributed by atoms with Crippen molar-refractivity contribution in [1.82, 2.24) is 14.4 Å². The molecule has 1 aromatic heterocycles. The van der Waals surface area contributed by atoms with Crippen LogP contribution in [-0.4, -0.2) is 52.4 Å². The maximum atomic E-state index is 13.5. The van der Waals surface area contributed by atoms with Crippen LogP contribution >= 0.6 is 0 Å². The summed E-state index contributed by atoms with van der Waals surface area (Å²) < 4.78 is 7.42. The zero-order chi connectivity index (χ0) is 24.6. The molecule has 35 heavy (non-hydrogen) atoms. The SMILES string of the molecule is CCCCN(CC(=O)N(Cc1cccn1Cc1ccccc1)C1CC1)C(=O)c1ccc(OC)cc1. The maximum Gasteiger partial charge on any atom is 0.254 e. The lowest BCUT2D eigenvalue weighted by atomic mass is 10.1. The Morgan fingerprint density at radius 3 is 2.40 bits per heavy atom. The zero-order valence-corrected chi connectivity index (χ0v) is 20.7. The van der Waals surface area contributed by atoms with Crippen LogP contribution in [0.15, 0.2) is 72.9 Å². The summed E-state index contributed by atoms with van der Waals surface area (Å²) >= 11 is 0. The van der Waals surface area contributed by atoms with Gasteiger partial charge < -0.3 is 19.1 Å². The number of carbonyl (C=O) groups excluding carboxylic acids is 2. The summed E-state index contributed by atoms with van der Waals surface area (Å²) in [6.07, 6.45) is 5.93. The van der Waals surface area contributed by atoms with Crippen LogP contribution in [-0.2, 0) is 17.9 Å². The first-order valence-electron chi connectivity index (χ1n) is 12.5. The molecule has 0 bridgehead atoms. The first-order valence-corrected chi connectivity index (χ1v) is 12.5. The second-order valence-corrected chi connectivity index (χ2v) is 9.17. The molecule has 0 radical (unpaired) electrons. The number of hydrogen-bond donors (Lipinski definition) is 0. The Balaban J connectivity index is 1.47. The smallest absolute Gasteiger partial charge is 0.254 e. The van der Waals surface area contributed by atoms with E-state index in [-0.39, 0.29) is 24.4 Å². The Hall–Kier alpha value is -3.54. The largest absolute Gasteiger partial charge is 0.497 e. The quantitative estimate of drug-likeness (QED) is 0.373. The first-order chi connectivity index (χ1) is 17.1. The molecule has 1 heterocycles. The van der Waals surface area contributed by atoms with E-state index in [1.807, 2.05) is 29.2 Å². The van der Waals surface area contributed by atoms with E-state index in [1.54, 1.807) is 36.3 Å². The van der Waals surface area contributed by atoms with E-state index in [2.05, 4.69) is 35.9 Å². The molecular formula is C29H35N3O3. The number of aromatic nitrogens is 1. The van der Waals surface area contributed by atoms with E-state index < -0.39 is 0 Å². The third-order valence-electron chi connectivity index (χ3n) is 6.49. The van der Waals surface area contributed by atoms with Gasteiger partial charge in [0.1, 0.15) is 12.3 Å². The van der Waals surface area contributed by atoms with Gasteiger partial charge in [0.05, 0.1) is 13.7 Å². The van der Waals surface area contributed by atoms with Crippen molar-refractivity contribution in [1.29, 1.82) is 0 Å². The molecule has 1 fully saturated rings. The van der Waals surface area contributed by atoms with Crippen molar-refractivity contribution in [2.24, 2.45) is 0 Å². The highest BCUT2D eigenvalue weighted by Crippen LogP contribution is 2.29. The van der Waals surface area contributed by atoms with Gasteiger partial charge in [0, 0.05) is 36.6 Å². The number of carbonyl (C=O) groups is 2. The minimum Gasteiger partial charge on any atom is -0.497 e. The molecule has 2 amide bonds.